The molecule has 0 saturated carbocycles. The summed E-state index contributed by atoms with van der Waals surface area (Å²) in [5, 5.41) is 4.66. The van der Waals surface area contributed by atoms with Gasteiger partial charge in [0.05, 0.1) is 0 Å². The van der Waals surface area contributed by atoms with Crippen LogP contribution in [0.3, 0.4) is 0 Å². The summed E-state index contributed by atoms with van der Waals surface area (Å²) < 4.78 is 26.2. The highest BCUT2D eigenvalue weighted by atomic mass is 19.2. The van der Waals surface area contributed by atoms with E-state index in [4.69, 9.17) is 0 Å². The van der Waals surface area contributed by atoms with Gasteiger partial charge in [-0.15, -0.1) is 0 Å². The van der Waals surface area contributed by atoms with E-state index in [1.165, 1.54) is 12.1 Å². The molecule has 0 aliphatic rings. The largest absolute Gasteiger partial charge is 0.333 e. The number of carbonyl (C=O) groups is 1. The molecular formula is C18H21F2N2O+. The van der Waals surface area contributed by atoms with E-state index in [-0.39, 0.29) is 18.5 Å². The number of hydrogen-bond donors (Lipinski definition) is 2. The normalized spacial score (nSPS) is 12.0. The lowest BCUT2D eigenvalue weighted by Gasteiger charge is -2.13. The minimum absolute atomic E-state index is 0.131. The molecule has 0 aliphatic carbocycles. The highest BCUT2D eigenvalue weighted by Crippen LogP contribution is 2.17. The zero-order chi connectivity index (χ0) is 17.0. The molecule has 2 aromatic rings. The lowest BCUT2D eigenvalue weighted by molar-refractivity contribution is -0.682. The van der Waals surface area contributed by atoms with E-state index in [0.29, 0.717) is 5.56 Å². The quantitative estimate of drug-likeness (QED) is 0.874. The van der Waals surface area contributed by atoms with Crippen LogP contribution in [0.4, 0.5) is 14.5 Å². The van der Waals surface area contributed by atoms with E-state index < -0.39 is 11.6 Å². The van der Waals surface area contributed by atoms with Crippen molar-refractivity contribution in [3.63, 3.8) is 0 Å². The number of anilines is 1. The predicted octanol–water partition coefficient (Wildman–Crippen LogP) is 2.84. The Bertz CT molecular complexity index is 716. The lowest BCUT2D eigenvalue weighted by atomic mass is 10.1. The number of rotatable bonds is 5. The molecule has 0 unspecified atom stereocenters. The summed E-state index contributed by atoms with van der Waals surface area (Å²) in [5.74, 6) is -1.87. The second kappa shape index (κ2) is 7.33. The molecule has 0 fully saturated rings. The van der Waals surface area contributed by atoms with E-state index >= 15 is 0 Å². The van der Waals surface area contributed by atoms with Crippen LogP contribution in [0.1, 0.15) is 29.7 Å². The number of carbonyl (C=O) groups excluding carboxylic acids is 1. The third kappa shape index (κ3) is 4.36. The van der Waals surface area contributed by atoms with Crippen molar-refractivity contribution in [1.82, 2.24) is 0 Å². The summed E-state index contributed by atoms with van der Waals surface area (Å²) >= 11 is 0. The number of nitrogens with two attached hydrogens (primary N) is 1. The van der Waals surface area contributed by atoms with Gasteiger partial charge in [-0.2, -0.15) is 0 Å². The van der Waals surface area contributed by atoms with Gasteiger partial charge in [-0.1, -0.05) is 12.1 Å². The minimum atomic E-state index is -0.873. The molecule has 122 valence electrons. The molecule has 1 atom stereocenters. The topological polar surface area (TPSA) is 45.7 Å². The summed E-state index contributed by atoms with van der Waals surface area (Å²) in [6.07, 6.45) is 0. The maximum atomic E-state index is 13.2. The van der Waals surface area contributed by atoms with E-state index in [1.807, 2.05) is 39.0 Å². The van der Waals surface area contributed by atoms with Crippen LogP contribution in [0, 0.1) is 25.5 Å². The first-order valence-corrected chi connectivity index (χ1v) is 7.53. The van der Waals surface area contributed by atoms with Crippen LogP contribution >= 0.6 is 0 Å². The molecule has 0 spiro atoms. The maximum absolute atomic E-state index is 13.2. The van der Waals surface area contributed by atoms with Crippen molar-refractivity contribution in [3.8, 4) is 0 Å². The summed E-state index contributed by atoms with van der Waals surface area (Å²) in [5.41, 5.74) is 3.59. The Morgan fingerprint density at radius 3 is 2.61 bits per heavy atom. The van der Waals surface area contributed by atoms with Crippen LogP contribution in [0.5, 0.6) is 0 Å². The fourth-order valence-corrected chi connectivity index (χ4v) is 2.30. The third-order valence-electron chi connectivity index (χ3n) is 4.00. The fourth-order valence-electron chi connectivity index (χ4n) is 2.30. The van der Waals surface area contributed by atoms with Gasteiger partial charge in [-0.3, -0.25) is 4.79 Å². The molecular weight excluding hydrogens is 298 g/mol. The summed E-state index contributed by atoms with van der Waals surface area (Å²) in [6.45, 7) is 5.99. The van der Waals surface area contributed by atoms with Gasteiger partial charge >= 0.3 is 0 Å². The van der Waals surface area contributed by atoms with E-state index in [9.17, 15) is 13.6 Å². The Morgan fingerprint density at radius 1 is 1.17 bits per heavy atom. The molecule has 0 radical (unpaired) electrons. The number of nitrogens with one attached hydrogen (secondary N) is 1. The van der Waals surface area contributed by atoms with Gasteiger partial charge in [0.15, 0.2) is 18.2 Å². The average Bonchev–Trinajstić information content (AvgIpc) is 2.52. The lowest BCUT2D eigenvalue weighted by Crippen LogP contribution is -2.86. The van der Waals surface area contributed by atoms with Crippen molar-refractivity contribution < 1.29 is 18.9 Å². The highest BCUT2D eigenvalue weighted by Gasteiger charge is 2.14. The van der Waals surface area contributed by atoms with Gasteiger partial charge in [-0.05, 0) is 56.2 Å². The van der Waals surface area contributed by atoms with Crippen LogP contribution in [0.15, 0.2) is 36.4 Å². The Morgan fingerprint density at radius 2 is 1.91 bits per heavy atom. The molecule has 0 aliphatic heterocycles. The molecule has 1 amide bonds. The molecule has 0 saturated heterocycles. The average molecular weight is 319 g/mol. The minimum Gasteiger partial charge on any atom is -0.333 e. The molecule has 2 aromatic carbocycles. The van der Waals surface area contributed by atoms with Gasteiger partial charge in [0.2, 0.25) is 0 Å². The smallest absolute Gasteiger partial charge is 0.279 e. The SMILES string of the molecule is Cc1cccc(NC(=O)C[NH2+][C@H](C)c2ccc(F)c(F)c2)c1C. The Balaban J connectivity index is 1.93. The monoisotopic (exact) mass is 319 g/mol. The Hall–Kier alpha value is -2.27. The van der Waals surface area contributed by atoms with Crippen LogP contribution < -0.4 is 10.6 Å². The second-order valence-corrected chi connectivity index (χ2v) is 5.70. The number of aryl methyl sites for hydroxylation is 1. The molecule has 3 nitrogen and oxygen atoms in total. The van der Waals surface area contributed by atoms with Gasteiger partial charge in [0, 0.05) is 11.3 Å². The summed E-state index contributed by atoms with van der Waals surface area (Å²) in [4.78, 5) is 12.1. The summed E-state index contributed by atoms with van der Waals surface area (Å²) in [6, 6.07) is 9.40. The Kier molecular flexibility index (Phi) is 5.45. The number of benzene rings is 2. The first-order chi connectivity index (χ1) is 10.9. The molecule has 2 rings (SSSR count). The van der Waals surface area contributed by atoms with E-state index in [2.05, 4.69) is 5.32 Å². The Labute approximate surface area is 134 Å². The van der Waals surface area contributed by atoms with Gasteiger partial charge in [0.1, 0.15) is 6.04 Å². The van der Waals surface area contributed by atoms with E-state index in [0.717, 1.165) is 22.9 Å². The van der Waals surface area contributed by atoms with Crippen LogP contribution in [-0.2, 0) is 4.79 Å². The van der Waals surface area contributed by atoms with Crippen LogP contribution in [0.25, 0.3) is 0 Å². The van der Waals surface area contributed by atoms with Gasteiger partial charge in [-0.25, -0.2) is 8.78 Å². The molecule has 5 heteroatoms. The molecule has 0 bridgehead atoms. The standard InChI is InChI=1S/C18H20F2N2O/c1-11-5-4-6-17(12(11)2)22-18(23)10-21-13(3)14-7-8-15(19)16(20)9-14/h4-9,13,21H,10H2,1-3H3,(H,22,23)/p+1/t13-/m1/s1. The maximum Gasteiger partial charge on any atom is 0.279 e. The number of halogens is 2. The van der Waals surface area contributed by atoms with Gasteiger partial charge < -0.3 is 10.6 Å². The number of quaternary nitrogens is 1. The first-order valence-electron chi connectivity index (χ1n) is 7.53. The highest BCUT2D eigenvalue weighted by molar-refractivity contribution is 5.92. The zero-order valence-corrected chi connectivity index (χ0v) is 13.5. The second-order valence-electron chi connectivity index (χ2n) is 5.70. The van der Waals surface area contributed by atoms with Crippen LogP contribution in [0.2, 0.25) is 0 Å². The molecule has 0 heterocycles. The molecule has 0 aromatic heterocycles. The van der Waals surface area contributed by atoms with E-state index in [1.54, 1.807) is 5.32 Å². The van der Waals surface area contributed by atoms with Gasteiger partial charge in [0.25, 0.3) is 5.91 Å². The summed E-state index contributed by atoms with van der Waals surface area (Å²) in [7, 11) is 0. The number of hydrogen-bond acceptors (Lipinski definition) is 1. The predicted molar refractivity (Wildman–Crippen MR) is 86.1 cm³/mol. The van der Waals surface area contributed by atoms with Crippen LogP contribution in [-0.4, -0.2) is 12.5 Å². The number of amides is 1. The molecule has 23 heavy (non-hydrogen) atoms. The van der Waals surface area contributed by atoms with Crippen molar-refractivity contribution in [3.05, 3.63) is 64.7 Å². The van der Waals surface area contributed by atoms with Crippen molar-refractivity contribution in [2.45, 2.75) is 26.8 Å². The fraction of sp³-hybridized carbons (Fsp3) is 0.278. The van der Waals surface area contributed by atoms with Crippen molar-refractivity contribution in [1.29, 1.82) is 0 Å². The third-order valence-corrected chi connectivity index (χ3v) is 4.00. The van der Waals surface area contributed by atoms with Crippen molar-refractivity contribution >= 4 is 11.6 Å². The molecule has 3 N–H and O–H groups in total. The van der Waals surface area contributed by atoms with Crippen molar-refractivity contribution in [2.24, 2.45) is 0 Å². The zero-order valence-electron chi connectivity index (χ0n) is 13.5. The first kappa shape index (κ1) is 17.1. The van der Waals surface area contributed by atoms with Crippen molar-refractivity contribution in [2.75, 3.05) is 11.9 Å².